The fourth-order valence-corrected chi connectivity index (χ4v) is 3.11. The van der Waals surface area contributed by atoms with Crippen molar-refractivity contribution in [2.75, 3.05) is 11.9 Å². The molecule has 1 aliphatic rings. The Morgan fingerprint density at radius 1 is 1.15 bits per heavy atom. The number of carbonyl (C=O) groups excluding carboxylic acids is 2. The lowest BCUT2D eigenvalue weighted by atomic mass is 10.1. The molecule has 0 saturated carbocycles. The van der Waals surface area contributed by atoms with Crippen molar-refractivity contribution in [1.82, 2.24) is 25.1 Å². The van der Waals surface area contributed by atoms with Crippen LogP contribution in [-0.2, 0) is 11.3 Å². The average Bonchev–Trinajstić information content (AvgIpc) is 3.35. The molecule has 0 radical (unpaired) electrons. The number of rotatable bonds is 5. The second-order valence-electron chi connectivity index (χ2n) is 6.38. The Balaban J connectivity index is 1.48. The van der Waals surface area contributed by atoms with Gasteiger partial charge in [0, 0.05) is 30.8 Å². The second-order valence-corrected chi connectivity index (χ2v) is 6.38. The Kier molecular flexibility index (Phi) is 4.61. The first-order valence-corrected chi connectivity index (χ1v) is 8.70. The van der Waals surface area contributed by atoms with Crippen molar-refractivity contribution in [1.29, 1.82) is 0 Å². The molecule has 1 saturated heterocycles. The first kappa shape index (κ1) is 16.9. The molecule has 4 rings (SSSR count). The van der Waals surface area contributed by atoms with Gasteiger partial charge in [-0.15, -0.1) is 5.10 Å². The lowest BCUT2D eigenvalue weighted by Crippen LogP contribution is -2.24. The molecule has 1 fully saturated rings. The van der Waals surface area contributed by atoms with Crippen LogP contribution < -0.4 is 5.32 Å². The number of hydrogen-bond donors (Lipinski definition) is 1. The van der Waals surface area contributed by atoms with E-state index in [2.05, 4.69) is 20.8 Å². The lowest BCUT2D eigenvalue weighted by molar-refractivity contribution is -0.128. The van der Waals surface area contributed by atoms with Crippen molar-refractivity contribution in [3.05, 3.63) is 66.0 Å². The van der Waals surface area contributed by atoms with Gasteiger partial charge in [0.15, 0.2) is 0 Å². The third-order valence-electron chi connectivity index (χ3n) is 4.45. The summed E-state index contributed by atoms with van der Waals surface area (Å²) in [6.07, 6.45) is 3.00. The van der Waals surface area contributed by atoms with E-state index >= 15 is 0 Å². The molecule has 136 valence electrons. The number of hydrogen-bond acceptors (Lipinski definition) is 5. The Bertz CT molecular complexity index is 970. The van der Waals surface area contributed by atoms with Crippen LogP contribution in [-0.4, -0.2) is 43.5 Å². The molecular weight excluding hydrogens is 344 g/mol. The molecule has 2 amide bonds. The van der Waals surface area contributed by atoms with Crippen molar-refractivity contribution in [3.63, 3.8) is 0 Å². The Morgan fingerprint density at radius 2 is 2.04 bits per heavy atom. The number of tetrazole rings is 1. The zero-order chi connectivity index (χ0) is 18.6. The number of benzene rings is 2. The standard InChI is InChI=1S/C19H18N6O2/c26-18-8-3-9-24(18)12-14-4-1-5-15(10-14)19(27)21-16-6-2-7-17(11-16)25-13-20-22-23-25/h1-2,4-7,10-11,13H,3,8-9,12H2,(H,21,27). The number of aromatic nitrogens is 4. The van der Waals surface area contributed by atoms with E-state index in [-0.39, 0.29) is 11.8 Å². The predicted molar refractivity (Wildman–Crippen MR) is 98.2 cm³/mol. The van der Waals surface area contributed by atoms with Gasteiger partial charge >= 0.3 is 0 Å². The van der Waals surface area contributed by atoms with Crippen LogP contribution in [0, 0.1) is 0 Å². The first-order chi connectivity index (χ1) is 13.2. The summed E-state index contributed by atoms with van der Waals surface area (Å²) < 4.78 is 1.52. The quantitative estimate of drug-likeness (QED) is 0.750. The van der Waals surface area contributed by atoms with Crippen molar-refractivity contribution in [2.24, 2.45) is 0 Å². The zero-order valence-corrected chi connectivity index (χ0v) is 14.6. The molecule has 0 bridgehead atoms. The van der Waals surface area contributed by atoms with Gasteiger partial charge in [0.1, 0.15) is 6.33 Å². The van der Waals surface area contributed by atoms with E-state index in [1.165, 1.54) is 11.0 Å². The molecule has 0 spiro atoms. The van der Waals surface area contributed by atoms with Gasteiger partial charge in [0.25, 0.3) is 5.91 Å². The summed E-state index contributed by atoms with van der Waals surface area (Å²) in [7, 11) is 0. The van der Waals surface area contributed by atoms with Crippen molar-refractivity contribution < 1.29 is 9.59 Å². The number of likely N-dealkylation sites (tertiary alicyclic amines) is 1. The van der Waals surface area contributed by atoms with Gasteiger partial charge < -0.3 is 10.2 Å². The number of nitrogens with one attached hydrogen (secondary N) is 1. The second kappa shape index (κ2) is 7.36. The minimum atomic E-state index is -0.210. The van der Waals surface area contributed by atoms with Crippen molar-refractivity contribution >= 4 is 17.5 Å². The minimum Gasteiger partial charge on any atom is -0.338 e. The van der Waals surface area contributed by atoms with Crippen molar-refractivity contribution in [3.8, 4) is 5.69 Å². The third kappa shape index (κ3) is 3.84. The molecule has 27 heavy (non-hydrogen) atoms. The molecule has 1 aliphatic heterocycles. The van der Waals surface area contributed by atoms with E-state index in [1.807, 2.05) is 35.2 Å². The highest BCUT2D eigenvalue weighted by Crippen LogP contribution is 2.17. The smallest absolute Gasteiger partial charge is 0.255 e. The molecular formula is C19H18N6O2. The molecule has 1 aromatic heterocycles. The van der Waals surface area contributed by atoms with Crippen LogP contribution in [0.5, 0.6) is 0 Å². The maximum atomic E-state index is 12.6. The number of carbonyl (C=O) groups is 2. The fraction of sp³-hybridized carbons (Fsp3) is 0.211. The fourth-order valence-electron chi connectivity index (χ4n) is 3.11. The molecule has 0 atom stereocenters. The predicted octanol–water partition coefficient (Wildman–Crippen LogP) is 2.04. The van der Waals surface area contributed by atoms with E-state index in [1.54, 1.807) is 18.2 Å². The van der Waals surface area contributed by atoms with Crippen LogP contribution >= 0.6 is 0 Å². The Hall–Kier alpha value is -3.55. The summed E-state index contributed by atoms with van der Waals surface area (Å²) in [6, 6.07) is 14.6. The van der Waals surface area contributed by atoms with Crippen molar-refractivity contribution in [2.45, 2.75) is 19.4 Å². The molecule has 1 N–H and O–H groups in total. The van der Waals surface area contributed by atoms with Gasteiger partial charge in [0.05, 0.1) is 5.69 Å². The van der Waals surface area contributed by atoms with Gasteiger partial charge in [-0.25, -0.2) is 4.68 Å². The van der Waals surface area contributed by atoms with Crippen LogP contribution in [0.2, 0.25) is 0 Å². The highest BCUT2D eigenvalue weighted by Gasteiger charge is 2.20. The van der Waals surface area contributed by atoms with E-state index in [0.29, 0.717) is 24.2 Å². The normalized spacial score (nSPS) is 13.8. The van der Waals surface area contributed by atoms with Crippen LogP contribution in [0.4, 0.5) is 5.69 Å². The van der Waals surface area contributed by atoms with Gasteiger partial charge in [0.2, 0.25) is 5.91 Å². The SMILES string of the molecule is O=C(Nc1cccc(-n2cnnn2)c1)c1cccc(CN2CCCC2=O)c1. The summed E-state index contributed by atoms with van der Waals surface area (Å²) in [4.78, 5) is 26.3. The average molecular weight is 362 g/mol. The summed E-state index contributed by atoms with van der Waals surface area (Å²) in [5.41, 5.74) is 2.89. The van der Waals surface area contributed by atoms with Crippen LogP contribution in [0.25, 0.3) is 5.69 Å². The molecule has 0 unspecified atom stereocenters. The largest absolute Gasteiger partial charge is 0.338 e. The maximum Gasteiger partial charge on any atom is 0.255 e. The van der Waals surface area contributed by atoms with Crippen LogP contribution in [0.15, 0.2) is 54.9 Å². The Morgan fingerprint density at radius 3 is 2.81 bits per heavy atom. The zero-order valence-electron chi connectivity index (χ0n) is 14.6. The number of anilines is 1. The van der Waals surface area contributed by atoms with Gasteiger partial charge in [-0.05, 0) is 52.7 Å². The summed E-state index contributed by atoms with van der Waals surface area (Å²) in [6.45, 7) is 1.31. The molecule has 3 aromatic rings. The topological polar surface area (TPSA) is 93.0 Å². The highest BCUT2D eigenvalue weighted by molar-refractivity contribution is 6.04. The van der Waals surface area contributed by atoms with E-state index in [0.717, 1.165) is 24.2 Å². The van der Waals surface area contributed by atoms with E-state index < -0.39 is 0 Å². The minimum absolute atomic E-state index is 0.171. The van der Waals surface area contributed by atoms with E-state index in [9.17, 15) is 9.59 Å². The maximum absolute atomic E-state index is 12.6. The van der Waals surface area contributed by atoms with Gasteiger partial charge in [-0.1, -0.05) is 18.2 Å². The molecule has 2 aromatic carbocycles. The highest BCUT2D eigenvalue weighted by atomic mass is 16.2. The van der Waals surface area contributed by atoms with Gasteiger partial charge in [-0.2, -0.15) is 0 Å². The van der Waals surface area contributed by atoms with Crippen LogP contribution in [0.3, 0.4) is 0 Å². The summed E-state index contributed by atoms with van der Waals surface area (Å²) >= 11 is 0. The number of nitrogens with zero attached hydrogens (tertiary/aromatic N) is 5. The molecule has 8 heteroatoms. The van der Waals surface area contributed by atoms with Crippen LogP contribution in [0.1, 0.15) is 28.8 Å². The lowest BCUT2D eigenvalue weighted by Gasteiger charge is -2.16. The molecule has 2 heterocycles. The summed E-state index contributed by atoms with van der Waals surface area (Å²) in [5.74, 6) is -0.0391. The molecule has 0 aliphatic carbocycles. The van der Waals surface area contributed by atoms with E-state index in [4.69, 9.17) is 0 Å². The first-order valence-electron chi connectivity index (χ1n) is 8.70. The summed E-state index contributed by atoms with van der Waals surface area (Å²) in [5, 5.41) is 14.0. The van der Waals surface area contributed by atoms with Gasteiger partial charge in [-0.3, -0.25) is 9.59 Å². The number of amides is 2. The Labute approximate surface area is 155 Å². The monoisotopic (exact) mass is 362 g/mol. The third-order valence-corrected chi connectivity index (χ3v) is 4.45. The molecule has 8 nitrogen and oxygen atoms in total.